The Morgan fingerprint density at radius 1 is 0.418 bits per heavy atom. The highest BCUT2D eigenvalue weighted by Crippen LogP contribution is 2.45. The molecule has 0 radical (unpaired) electrons. The van der Waals surface area contributed by atoms with E-state index in [0.717, 1.165) is 77.5 Å². The van der Waals surface area contributed by atoms with E-state index in [2.05, 4.69) is 193 Å². The fourth-order valence-corrected chi connectivity index (χ4v) is 8.53. The summed E-state index contributed by atoms with van der Waals surface area (Å²) in [6.45, 7) is 0. The molecule has 4 heteroatoms. The smallest absolute Gasteiger partial charge is 0.143 e. The number of fused-ring (bicyclic) bond motifs is 6. The Labute approximate surface area is 318 Å². The second kappa shape index (κ2) is 12.8. The number of furan rings is 1. The first kappa shape index (κ1) is 31.5. The van der Waals surface area contributed by atoms with E-state index in [0.29, 0.717) is 0 Å². The molecule has 0 spiro atoms. The van der Waals surface area contributed by atoms with Crippen LogP contribution in [0.5, 0.6) is 0 Å². The Bertz CT molecular complexity index is 3120. The molecule has 0 saturated carbocycles. The summed E-state index contributed by atoms with van der Waals surface area (Å²) in [5.41, 5.74) is 9.67. The molecular weight excluding hydrogens is 671 g/mol. The molecule has 2 unspecified atom stereocenters. The average molecular weight is 706 g/mol. The molecule has 0 fully saturated rings. The van der Waals surface area contributed by atoms with Crippen LogP contribution < -0.4 is 10.6 Å². The van der Waals surface area contributed by atoms with Gasteiger partial charge in [0.1, 0.15) is 29.3 Å². The van der Waals surface area contributed by atoms with Crippen molar-refractivity contribution in [3.8, 4) is 22.3 Å². The zero-order chi connectivity index (χ0) is 36.3. The molecule has 260 valence electrons. The molecule has 1 aliphatic heterocycles. The summed E-state index contributed by atoms with van der Waals surface area (Å²) in [6, 6.07) is 66.9. The van der Waals surface area contributed by atoms with Gasteiger partial charge in [-0.1, -0.05) is 170 Å². The minimum absolute atomic E-state index is 0.137. The van der Waals surface area contributed by atoms with Crippen molar-refractivity contribution in [3.63, 3.8) is 0 Å². The first-order valence-corrected chi connectivity index (χ1v) is 18.9. The molecule has 1 aliphatic rings. The van der Waals surface area contributed by atoms with Crippen LogP contribution in [0.15, 0.2) is 197 Å². The van der Waals surface area contributed by atoms with Crippen molar-refractivity contribution in [3.05, 3.63) is 205 Å². The predicted molar refractivity (Wildman–Crippen MR) is 228 cm³/mol. The lowest BCUT2D eigenvalue weighted by molar-refractivity contribution is 0.409. The van der Waals surface area contributed by atoms with Gasteiger partial charge in [0.05, 0.1) is 0 Å². The summed E-state index contributed by atoms with van der Waals surface area (Å²) >= 11 is 0. The quantitative estimate of drug-likeness (QED) is 0.187. The van der Waals surface area contributed by atoms with Crippen molar-refractivity contribution in [2.45, 2.75) is 12.3 Å². The minimum Gasteiger partial charge on any atom is -0.455 e. The first-order valence-electron chi connectivity index (χ1n) is 18.9. The van der Waals surface area contributed by atoms with E-state index < -0.39 is 0 Å². The van der Waals surface area contributed by atoms with Crippen LogP contribution in [0, 0.1) is 0 Å². The van der Waals surface area contributed by atoms with Crippen LogP contribution in [0.2, 0.25) is 0 Å². The largest absolute Gasteiger partial charge is 0.455 e. The van der Waals surface area contributed by atoms with Crippen molar-refractivity contribution >= 4 is 60.1 Å². The molecule has 0 bridgehead atoms. The Morgan fingerprint density at radius 3 is 1.89 bits per heavy atom. The molecule has 1 aromatic heterocycles. The van der Waals surface area contributed by atoms with Crippen LogP contribution in [0.4, 0.5) is 0 Å². The lowest BCUT2D eigenvalue weighted by Gasteiger charge is -2.32. The van der Waals surface area contributed by atoms with Gasteiger partial charge in [0.25, 0.3) is 0 Å². The summed E-state index contributed by atoms with van der Waals surface area (Å²) in [7, 11) is 0. The molecule has 0 amide bonds. The summed E-state index contributed by atoms with van der Waals surface area (Å²) < 4.78 is 6.78. The van der Waals surface area contributed by atoms with E-state index in [1.54, 1.807) is 0 Å². The Balaban J connectivity index is 1.10. The molecule has 0 aliphatic carbocycles. The molecule has 2 heterocycles. The monoisotopic (exact) mass is 705 g/mol. The summed E-state index contributed by atoms with van der Waals surface area (Å²) in [4.78, 5) is 5.39. The van der Waals surface area contributed by atoms with Gasteiger partial charge < -0.3 is 9.73 Å². The molecule has 2 atom stereocenters. The number of aliphatic imine (C=N–C) groups is 1. The van der Waals surface area contributed by atoms with Crippen LogP contribution in [0.25, 0.3) is 76.5 Å². The number of para-hydroxylation sites is 1. The maximum absolute atomic E-state index is 6.78. The lowest BCUT2D eigenvalue weighted by atomic mass is 9.89. The van der Waals surface area contributed by atoms with Crippen LogP contribution in [-0.4, -0.2) is 5.84 Å². The van der Waals surface area contributed by atoms with Crippen LogP contribution in [0.3, 0.4) is 0 Å². The summed E-state index contributed by atoms with van der Waals surface area (Å²) in [5.74, 6) is 0.860. The summed E-state index contributed by atoms with van der Waals surface area (Å²) in [6.07, 6.45) is -0.384. The third-order valence-electron chi connectivity index (χ3n) is 11.2. The molecule has 55 heavy (non-hydrogen) atoms. The average Bonchev–Trinajstić information content (AvgIpc) is 3.66. The number of amidine groups is 1. The van der Waals surface area contributed by atoms with Crippen molar-refractivity contribution in [2.24, 2.45) is 4.99 Å². The molecule has 11 rings (SSSR count). The Hall–Kier alpha value is -7.01. The molecular formula is C51H35N3O. The topological polar surface area (TPSA) is 49.6 Å². The second-order valence-electron chi connectivity index (χ2n) is 14.3. The van der Waals surface area contributed by atoms with E-state index in [-0.39, 0.29) is 12.3 Å². The maximum Gasteiger partial charge on any atom is 0.143 e. The molecule has 4 nitrogen and oxygen atoms in total. The molecule has 9 aromatic carbocycles. The van der Waals surface area contributed by atoms with E-state index in [4.69, 9.17) is 9.41 Å². The number of nitrogens with one attached hydrogen (secondary N) is 2. The minimum atomic E-state index is -0.247. The predicted octanol–water partition coefficient (Wildman–Crippen LogP) is 12.7. The number of nitrogens with zero attached hydrogens (tertiary/aromatic N) is 1. The molecule has 10 aromatic rings. The van der Waals surface area contributed by atoms with E-state index in [9.17, 15) is 0 Å². The van der Waals surface area contributed by atoms with Gasteiger partial charge in [0.15, 0.2) is 0 Å². The fraction of sp³-hybridized carbons (Fsp3) is 0.0392. The number of rotatable bonds is 5. The highest BCUT2D eigenvalue weighted by atomic mass is 16.3. The van der Waals surface area contributed by atoms with Crippen molar-refractivity contribution in [1.29, 1.82) is 0 Å². The highest BCUT2D eigenvalue weighted by Gasteiger charge is 2.27. The first-order chi connectivity index (χ1) is 27.3. The van der Waals surface area contributed by atoms with Gasteiger partial charge in [0, 0.05) is 21.9 Å². The third-order valence-corrected chi connectivity index (χ3v) is 11.2. The van der Waals surface area contributed by atoms with Gasteiger partial charge >= 0.3 is 0 Å². The van der Waals surface area contributed by atoms with Crippen molar-refractivity contribution in [1.82, 2.24) is 10.6 Å². The van der Waals surface area contributed by atoms with E-state index in [1.807, 2.05) is 6.07 Å². The number of benzene rings is 9. The lowest BCUT2D eigenvalue weighted by Crippen LogP contribution is -2.45. The Kier molecular flexibility index (Phi) is 7.35. The van der Waals surface area contributed by atoms with E-state index >= 15 is 0 Å². The van der Waals surface area contributed by atoms with E-state index in [1.165, 1.54) is 21.5 Å². The molecule has 0 saturated heterocycles. The number of hydrogen-bond acceptors (Lipinski definition) is 4. The summed E-state index contributed by atoms with van der Waals surface area (Å²) in [5, 5.41) is 16.9. The standard InChI is InChI=1S/C51H35N3O/c1-2-15-34(16-3-1)49-52-50(36-26-25-32-13-4-5-17-35(32)31-36)54-51(53-49)44-30-27-41(39-20-8-9-21-40(39)44)42-28-29-43(38-23-12-18-33-14-6-7-19-37(33)38)48-47(42)45-22-10-11-24-46(45)55-48/h1-31,49-50,52H,(H,53,54). The third kappa shape index (κ3) is 5.30. The fourth-order valence-electron chi connectivity index (χ4n) is 8.53. The van der Waals surface area contributed by atoms with Gasteiger partial charge in [-0.3, -0.25) is 5.32 Å². The van der Waals surface area contributed by atoms with Crippen LogP contribution in [0.1, 0.15) is 29.0 Å². The number of hydrogen-bond donors (Lipinski definition) is 2. The SMILES string of the molecule is c1ccc(C2NC(c3ccc(-c4ccc(-c5cccc6ccccc56)c5oc6ccccc6c45)c4ccccc34)=NC(c3ccc4ccccc4c3)N2)cc1. The Morgan fingerprint density at radius 2 is 1.04 bits per heavy atom. The van der Waals surface area contributed by atoms with Gasteiger partial charge in [-0.2, -0.15) is 0 Å². The highest BCUT2D eigenvalue weighted by molar-refractivity contribution is 6.21. The van der Waals surface area contributed by atoms with Gasteiger partial charge in [-0.15, -0.1) is 0 Å². The second-order valence-corrected chi connectivity index (χ2v) is 14.3. The zero-order valence-corrected chi connectivity index (χ0v) is 29.9. The van der Waals surface area contributed by atoms with Crippen molar-refractivity contribution < 1.29 is 4.42 Å². The van der Waals surface area contributed by atoms with Crippen molar-refractivity contribution in [2.75, 3.05) is 0 Å². The zero-order valence-electron chi connectivity index (χ0n) is 29.9. The van der Waals surface area contributed by atoms with Crippen LogP contribution >= 0.6 is 0 Å². The normalized spacial score (nSPS) is 15.8. The maximum atomic E-state index is 6.78. The van der Waals surface area contributed by atoms with Crippen LogP contribution in [-0.2, 0) is 0 Å². The molecule has 2 N–H and O–H groups in total. The van der Waals surface area contributed by atoms with Gasteiger partial charge in [-0.05, 0) is 78.3 Å². The van der Waals surface area contributed by atoms with Gasteiger partial charge in [-0.25, -0.2) is 4.99 Å². The van der Waals surface area contributed by atoms with Gasteiger partial charge in [0.2, 0.25) is 0 Å².